The summed E-state index contributed by atoms with van der Waals surface area (Å²) in [7, 11) is 3.44. The maximum atomic E-state index is 13.4. The van der Waals surface area contributed by atoms with Crippen molar-refractivity contribution in [1.82, 2.24) is 14.8 Å². The van der Waals surface area contributed by atoms with Crippen LogP contribution in [0.15, 0.2) is 54.7 Å². The molecule has 0 radical (unpaired) electrons. The van der Waals surface area contributed by atoms with Gasteiger partial charge < -0.3 is 4.74 Å². The van der Waals surface area contributed by atoms with Gasteiger partial charge in [-0.15, -0.1) is 0 Å². The third-order valence-electron chi connectivity index (χ3n) is 4.46. The Morgan fingerprint density at radius 1 is 1.21 bits per heavy atom. The predicted molar refractivity (Wildman–Crippen MR) is 111 cm³/mol. The van der Waals surface area contributed by atoms with E-state index in [4.69, 9.17) is 9.72 Å². The number of carbonyl (C=O) groups excluding carboxylic acids is 1. The van der Waals surface area contributed by atoms with Crippen LogP contribution >= 0.6 is 11.3 Å². The van der Waals surface area contributed by atoms with Gasteiger partial charge in [0.15, 0.2) is 10.8 Å². The Kier molecular flexibility index (Phi) is 4.83. The van der Waals surface area contributed by atoms with Crippen molar-refractivity contribution in [3.8, 4) is 5.75 Å². The maximum absolute atomic E-state index is 13.4. The predicted octanol–water partition coefficient (Wildman–Crippen LogP) is 4.19. The molecule has 0 atom stereocenters. The van der Waals surface area contributed by atoms with Crippen LogP contribution in [0, 0.1) is 6.92 Å². The van der Waals surface area contributed by atoms with Gasteiger partial charge in [-0.2, -0.15) is 5.10 Å². The molecule has 4 aromatic rings. The van der Waals surface area contributed by atoms with Crippen molar-refractivity contribution in [3.05, 3.63) is 71.5 Å². The van der Waals surface area contributed by atoms with Gasteiger partial charge in [0.05, 0.1) is 23.9 Å². The number of hydrogen-bond acceptors (Lipinski definition) is 5. The van der Waals surface area contributed by atoms with Gasteiger partial charge in [0.25, 0.3) is 5.91 Å². The van der Waals surface area contributed by atoms with E-state index in [1.54, 1.807) is 16.7 Å². The summed E-state index contributed by atoms with van der Waals surface area (Å²) in [5.41, 5.74) is 3.12. The summed E-state index contributed by atoms with van der Waals surface area (Å²) in [5.74, 6) is 0.582. The molecule has 0 aliphatic rings. The standard InChI is InChI=1S/C21H20N4O2S/c1-14-12-24(2)23-19(14)20(26)25(13-15-7-5-4-6-8-15)21-22-17-11-16(27-3)9-10-18(17)28-21/h4-12H,13H2,1-3H3. The zero-order valence-electron chi connectivity index (χ0n) is 15.9. The first-order chi connectivity index (χ1) is 13.5. The molecule has 0 fully saturated rings. The van der Waals surface area contributed by atoms with E-state index < -0.39 is 0 Å². The first-order valence-electron chi connectivity index (χ1n) is 8.86. The van der Waals surface area contributed by atoms with Gasteiger partial charge in [0.1, 0.15) is 5.75 Å². The van der Waals surface area contributed by atoms with Gasteiger partial charge in [-0.1, -0.05) is 41.7 Å². The smallest absolute Gasteiger partial charge is 0.281 e. The van der Waals surface area contributed by atoms with E-state index in [-0.39, 0.29) is 5.91 Å². The number of anilines is 1. The molecule has 2 aromatic carbocycles. The lowest BCUT2D eigenvalue weighted by Gasteiger charge is -2.19. The summed E-state index contributed by atoms with van der Waals surface area (Å²) >= 11 is 1.48. The lowest BCUT2D eigenvalue weighted by Crippen LogP contribution is -2.31. The average Bonchev–Trinajstić information content (AvgIpc) is 3.27. The van der Waals surface area contributed by atoms with Gasteiger partial charge in [-0.3, -0.25) is 14.4 Å². The number of carbonyl (C=O) groups is 1. The normalized spacial score (nSPS) is 11.0. The number of rotatable bonds is 5. The second-order valence-electron chi connectivity index (χ2n) is 6.54. The fraction of sp³-hybridized carbons (Fsp3) is 0.190. The van der Waals surface area contributed by atoms with Crippen molar-refractivity contribution in [1.29, 1.82) is 0 Å². The van der Waals surface area contributed by atoms with Crippen LogP contribution in [-0.4, -0.2) is 27.8 Å². The van der Waals surface area contributed by atoms with Gasteiger partial charge in [0, 0.05) is 24.9 Å². The Labute approximate surface area is 167 Å². The SMILES string of the molecule is COc1ccc2sc(N(Cc3ccccc3)C(=O)c3nn(C)cc3C)nc2c1. The first-order valence-corrected chi connectivity index (χ1v) is 9.67. The van der Waals surface area contributed by atoms with E-state index in [0.29, 0.717) is 17.4 Å². The Morgan fingerprint density at radius 3 is 2.68 bits per heavy atom. The minimum Gasteiger partial charge on any atom is -0.497 e. The lowest BCUT2D eigenvalue weighted by atomic mass is 10.2. The third-order valence-corrected chi connectivity index (χ3v) is 5.52. The van der Waals surface area contributed by atoms with Crippen LogP contribution in [-0.2, 0) is 13.6 Å². The minimum atomic E-state index is -0.159. The second-order valence-corrected chi connectivity index (χ2v) is 7.55. The number of aromatic nitrogens is 3. The van der Waals surface area contributed by atoms with E-state index in [0.717, 1.165) is 27.1 Å². The summed E-state index contributed by atoms with van der Waals surface area (Å²) in [4.78, 5) is 19.8. The number of thiazole rings is 1. The third kappa shape index (κ3) is 3.48. The molecular weight excluding hydrogens is 372 g/mol. The number of aryl methyl sites for hydroxylation is 2. The molecular formula is C21H20N4O2S. The molecule has 4 rings (SSSR count). The van der Waals surface area contributed by atoms with Crippen molar-refractivity contribution >= 4 is 32.6 Å². The van der Waals surface area contributed by atoms with Gasteiger partial charge in [-0.25, -0.2) is 4.98 Å². The van der Waals surface area contributed by atoms with Crippen molar-refractivity contribution < 1.29 is 9.53 Å². The van der Waals surface area contributed by atoms with Crippen molar-refractivity contribution in [2.75, 3.05) is 12.0 Å². The Morgan fingerprint density at radius 2 is 2.00 bits per heavy atom. The van der Waals surface area contributed by atoms with Crippen LogP contribution in [0.4, 0.5) is 5.13 Å². The second kappa shape index (κ2) is 7.44. The molecule has 6 nitrogen and oxygen atoms in total. The van der Waals surface area contributed by atoms with Crippen LogP contribution in [0.1, 0.15) is 21.6 Å². The van der Waals surface area contributed by atoms with Gasteiger partial charge >= 0.3 is 0 Å². The number of fused-ring (bicyclic) bond motifs is 1. The molecule has 0 N–H and O–H groups in total. The van der Waals surface area contributed by atoms with Crippen LogP contribution in [0.25, 0.3) is 10.2 Å². The van der Waals surface area contributed by atoms with E-state index >= 15 is 0 Å². The summed E-state index contributed by atoms with van der Waals surface area (Å²) < 4.78 is 7.95. The summed E-state index contributed by atoms with van der Waals surface area (Å²) in [6.07, 6.45) is 1.84. The summed E-state index contributed by atoms with van der Waals surface area (Å²) in [5, 5.41) is 5.00. The van der Waals surface area contributed by atoms with E-state index in [1.165, 1.54) is 11.3 Å². The quantitative estimate of drug-likeness (QED) is 0.511. The highest BCUT2D eigenvalue weighted by atomic mass is 32.1. The highest BCUT2D eigenvalue weighted by molar-refractivity contribution is 7.22. The lowest BCUT2D eigenvalue weighted by molar-refractivity contribution is 0.0979. The molecule has 7 heteroatoms. The topological polar surface area (TPSA) is 60.2 Å². The molecule has 0 spiro atoms. The number of nitrogens with zero attached hydrogens (tertiary/aromatic N) is 4. The first kappa shape index (κ1) is 18.2. The van der Waals surface area contributed by atoms with Crippen molar-refractivity contribution in [2.45, 2.75) is 13.5 Å². The fourth-order valence-electron chi connectivity index (χ4n) is 3.08. The minimum absolute atomic E-state index is 0.159. The van der Waals surface area contributed by atoms with Crippen LogP contribution < -0.4 is 9.64 Å². The molecule has 28 heavy (non-hydrogen) atoms. The van der Waals surface area contributed by atoms with E-state index in [9.17, 15) is 4.79 Å². The molecule has 0 saturated carbocycles. The number of hydrogen-bond donors (Lipinski definition) is 0. The van der Waals surface area contributed by atoms with Crippen molar-refractivity contribution in [3.63, 3.8) is 0 Å². The Balaban J connectivity index is 1.78. The molecule has 1 amide bonds. The summed E-state index contributed by atoms with van der Waals surface area (Å²) in [6.45, 7) is 2.32. The maximum Gasteiger partial charge on any atom is 0.281 e. The molecule has 0 aliphatic heterocycles. The van der Waals surface area contributed by atoms with Gasteiger partial charge in [0.2, 0.25) is 0 Å². The number of benzene rings is 2. The molecule has 0 unspecified atom stereocenters. The summed E-state index contributed by atoms with van der Waals surface area (Å²) in [6, 6.07) is 15.6. The zero-order valence-corrected chi connectivity index (χ0v) is 16.7. The molecule has 0 bridgehead atoms. The molecule has 142 valence electrons. The Bertz CT molecular complexity index is 1130. The monoisotopic (exact) mass is 392 g/mol. The Hall–Kier alpha value is -3.19. The van der Waals surface area contributed by atoms with Crippen LogP contribution in [0.3, 0.4) is 0 Å². The average molecular weight is 392 g/mol. The molecule has 2 aromatic heterocycles. The molecule has 2 heterocycles. The van der Waals surface area contributed by atoms with Crippen LogP contribution in [0.5, 0.6) is 5.75 Å². The fourth-order valence-corrected chi connectivity index (χ4v) is 4.02. The molecule has 0 saturated heterocycles. The number of methoxy groups -OCH3 is 1. The molecule has 0 aliphatic carbocycles. The van der Waals surface area contributed by atoms with Crippen LogP contribution in [0.2, 0.25) is 0 Å². The zero-order chi connectivity index (χ0) is 19.7. The van der Waals surface area contributed by atoms with Gasteiger partial charge in [-0.05, 0) is 24.6 Å². The van der Waals surface area contributed by atoms with Crippen molar-refractivity contribution in [2.24, 2.45) is 7.05 Å². The van der Waals surface area contributed by atoms with E-state index in [1.807, 2.05) is 68.7 Å². The highest BCUT2D eigenvalue weighted by Crippen LogP contribution is 2.32. The highest BCUT2D eigenvalue weighted by Gasteiger charge is 2.25. The number of ether oxygens (including phenoxy) is 1. The largest absolute Gasteiger partial charge is 0.497 e. The number of amides is 1. The van der Waals surface area contributed by atoms with E-state index in [2.05, 4.69) is 5.10 Å².